The molecule has 0 aromatic carbocycles. The normalized spacial score (nSPS) is 29.4. The number of nitrogens with one attached hydrogen (secondary N) is 1. The Morgan fingerprint density at radius 1 is 1.31 bits per heavy atom. The van der Waals surface area contributed by atoms with Gasteiger partial charge in [-0.2, -0.15) is 0 Å². The van der Waals surface area contributed by atoms with Crippen LogP contribution in [-0.4, -0.2) is 18.1 Å². The molecule has 2 unspecified atom stereocenters. The molecular formula is C14H18N2. The lowest BCUT2D eigenvalue weighted by Crippen LogP contribution is -2.38. The Labute approximate surface area is 96.8 Å². The molecule has 2 heteroatoms. The van der Waals surface area contributed by atoms with Gasteiger partial charge in [-0.3, -0.25) is 4.98 Å². The number of allylic oxidation sites excluding steroid dienone is 1. The molecule has 1 aliphatic carbocycles. The fraction of sp³-hybridized carbons (Fsp3) is 0.500. The summed E-state index contributed by atoms with van der Waals surface area (Å²) < 4.78 is 0. The molecule has 0 spiro atoms. The Hall–Kier alpha value is -1.15. The molecule has 2 nitrogen and oxygen atoms in total. The van der Waals surface area contributed by atoms with Crippen molar-refractivity contribution in [3.8, 4) is 0 Å². The second-order valence-corrected chi connectivity index (χ2v) is 4.84. The minimum Gasteiger partial charge on any atom is -0.316 e. The van der Waals surface area contributed by atoms with E-state index in [1.807, 2.05) is 18.5 Å². The van der Waals surface area contributed by atoms with Crippen LogP contribution in [0.15, 0.2) is 30.6 Å². The molecular weight excluding hydrogens is 196 g/mol. The summed E-state index contributed by atoms with van der Waals surface area (Å²) in [6.07, 6.45) is 10.2. The predicted octanol–water partition coefficient (Wildman–Crippen LogP) is 2.48. The third-order valence-electron chi connectivity index (χ3n) is 3.92. The second kappa shape index (κ2) is 4.38. The molecule has 0 amide bonds. The summed E-state index contributed by atoms with van der Waals surface area (Å²) in [6, 6.07) is 4.23. The highest BCUT2D eigenvalue weighted by atomic mass is 14.9. The molecule has 1 aromatic heterocycles. The number of nitrogens with zero attached hydrogens (tertiary/aromatic N) is 1. The van der Waals surface area contributed by atoms with E-state index in [0.717, 1.165) is 12.5 Å². The van der Waals surface area contributed by atoms with E-state index in [4.69, 9.17) is 0 Å². The Morgan fingerprint density at radius 2 is 2.31 bits per heavy atom. The molecule has 1 aromatic rings. The molecule has 2 heterocycles. The van der Waals surface area contributed by atoms with Gasteiger partial charge in [0.1, 0.15) is 0 Å². The van der Waals surface area contributed by atoms with Gasteiger partial charge in [0.15, 0.2) is 0 Å². The predicted molar refractivity (Wildman–Crippen MR) is 65.9 cm³/mol. The zero-order valence-electron chi connectivity index (χ0n) is 9.52. The highest BCUT2D eigenvalue weighted by Crippen LogP contribution is 2.39. The summed E-state index contributed by atoms with van der Waals surface area (Å²) in [5.41, 5.74) is 2.84. The van der Waals surface area contributed by atoms with Crippen molar-refractivity contribution in [3.05, 3.63) is 36.2 Å². The van der Waals surface area contributed by atoms with Crippen LogP contribution in [0.4, 0.5) is 0 Å². The molecule has 1 N–H and O–H groups in total. The molecule has 1 fully saturated rings. The summed E-state index contributed by atoms with van der Waals surface area (Å²) in [5, 5.41) is 3.52. The zero-order valence-corrected chi connectivity index (χ0v) is 9.52. The van der Waals surface area contributed by atoms with Gasteiger partial charge in [0.2, 0.25) is 0 Å². The zero-order chi connectivity index (χ0) is 10.8. The van der Waals surface area contributed by atoms with Crippen molar-refractivity contribution in [2.45, 2.75) is 19.3 Å². The molecule has 16 heavy (non-hydrogen) atoms. The summed E-state index contributed by atoms with van der Waals surface area (Å²) in [7, 11) is 0. The summed E-state index contributed by atoms with van der Waals surface area (Å²) in [5.74, 6) is 1.60. The largest absolute Gasteiger partial charge is 0.316 e. The van der Waals surface area contributed by atoms with E-state index in [0.29, 0.717) is 5.92 Å². The molecule has 3 rings (SSSR count). The lowest BCUT2D eigenvalue weighted by atomic mass is 9.73. The van der Waals surface area contributed by atoms with Gasteiger partial charge in [-0.1, -0.05) is 12.1 Å². The summed E-state index contributed by atoms with van der Waals surface area (Å²) >= 11 is 0. The van der Waals surface area contributed by atoms with Crippen molar-refractivity contribution in [3.63, 3.8) is 0 Å². The number of hydrogen-bond acceptors (Lipinski definition) is 2. The first kappa shape index (κ1) is 10.0. The molecule has 2 atom stereocenters. The molecule has 0 bridgehead atoms. The Morgan fingerprint density at radius 3 is 3.19 bits per heavy atom. The van der Waals surface area contributed by atoms with Gasteiger partial charge in [-0.05, 0) is 54.8 Å². The van der Waals surface area contributed by atoms with Crippen LogP contribution in [0.2, 0.25) is 0 Å². The van der Waals surface area contributed by atoms with Crippen LogP contribution >= 0.6 is 0 Å². The maximum absolute atomic E-state index is 4.24. The smallest absolute Gasteiger partial charge is 0.0343 e. The van der Waals surface area contributed by atoms with E-state index in [1.165, 1.54) is 36.9 Å². The van der Waals surface area contributed by atoms with Crippen molar-refractivity contribution < 1.29 is 0 Å². The highest BCUT2D eigenvalue weighted by molar-refractivity contribution is 5.68. The number of pyridine rings is 1. The number of rotatable bonds is 1. The third kappa shape index (κ3) is 1.78. The summed E-state index contributed by atoms with van der Waals surface area (Å²) in [6.45, 7) is 2.34. The van der Waals surface area contributed by atoms with Gasteiger partial charge in [0, 0.05) is 18.9 Å². The van der Waals surface area contributed by atoms with Crippen molar-refractivity contribution in [1.29, 1.82) is 0 Å². The molecule has 1 saturated heterocycles. The van der Waals surface area contributed by atoms with Crippen molar-refractivity contribution in [2.24, 2.45) is 11.8 Å². The lowest BCUT2D eigenvalue weighted by Gasteiger charge is -2.37. The van der Waals surface area contributed by atoms with E-state index >= 15 is 0 Å². The first-order valence-electron chi connectivity index (χ1n) is 6.26. The van der Waals surface area contributed by atoms with Gasteiger partial charge in [-0.15, -0.1) is 0 Å². The quantitative estimate of drug-likeness (QED) is 0.777. The summed E-state index contributed by atoms with van der Waals surface area (Å²) in [4.78, 5) is 4.24. The maximum Gasteiger partial charge on any atom is 0.0343 e. The lowest BCUT2D eigenvalue weighted by molar-refractivity contribution is 0.285. The number of fused-ring (bicyclic) bond motifs is 1. The highest BCUT2D eigenvalue weighted by Gasteiger charge is 2.30. The molecule has 1 aliphatic heterocycles. The third-order valence-corrected chi connectivity index (χ3v) is 3.92. The second-order valence-electron chi connectivity index (χ2n) is 4.84. The number of aromatic nitrogens is 1. The monoisotopic (exact) mass is 214 g/mol. The van der Waals surface area contributed by atoms with E-state index in [9.17, 15) is 0 Å². The minimum absolute atomic E-state index is 0.715. The molecule has 84 valence electrons. The molecule has 0 saturated carbocycles. The fourth-order valence-corrected chi connectivity index (χ4v) is 3.09. The van der Waals surface area contributed by atoms with E-state index < -0.39 is 0 Å². The Bertz CT molecular complexity index is 383. The van der Waals surface area contributed by atoms with Crippen LogP contribution < -0.4 is 5.32 Å². The fourth-order valence-electron chi connectivity index (χ4n) is 3.09. The average Bonchev–Trinajstić information content (AvgIpc) is 2.39. The van der Waals surface area contributed by atoms with Gasteiger partial charge >= 0.3 is 0 Å². The van der Waals surface area contributed by atoms with E-state index in [2.05, 4.69) is 22.4 Å². The van der Waals surface area contributed by atoms with Crippen LogP contribution in [0, 0.1) is 11.8 Å². The minimum atomic E-state index is 0.715. The van der Waals surface area contributed by atoms with Crippen LogP contribution in [0.1, 0.15) is 24.8 Å². The average molecular weight is 214 g/mol. The van der Waals surface area contributed by atoms with Crippen molar-refractivity contribution in [1.82, 2.24) is 10.3 Å². The van der Waals surface area contributed by atoms with Gasteiger partial charge in [0.25, 0.3) is 0 Å². The van der Waals surface area contributed by atoms with Crippen LogP contribution in [-0.2, 0) is 0 Å². The van der Waals surface area contributed by atoms with Gasteiger partial charge in [0.05, 0.1) is 0 Å². The van der Waals surface area contributed by atoms with Gasteiger partial charge in [-0.25, -0.2) is 0 Å². The molecule has 0 radical (unpaired) electrons. The van der Waals surface area contributed by atoms with Crippen molar-refractivity contribution >= 4 is 5.57 Å². The first-order chi connectivity index (χ1) is 7.95. The van der Waals surface area contributed by atoms with E-state index in [1.54, 1.807) is 0 Å². The van der Waals surface area contributed by atoms with Crippen molar-refractivity contribution in [2.75, 3.05) is 13.1 Å². The first-order valence-corrected chi connectivity index (χ1v) is 6.26. The van der Waals surface area contributed by atoms with Crippen LogP contribution in [0.25, 0.3) is 5.57 Å². The maximum atomic E-state index is 4.24. The topological polar surface area (TPSA) is 24.9 Å². The van der Waals surface area contributed by atoms with Crippen LogP contribution in [0.3, 0.4) is 0 Å². The number of hydrogen-bond donors (Lipinski definition) is 1. The Kier molecular flexibility index (Phi) is 2.75. The van der Waals surface area contributed by atoms with Crippen LogP contribution in [0.5, 0.6) is 0 Å². The standard InChI is InChI=1S/C14H18N2/c1-3-11-6-8-16-10-14(11)13(5-1)12-4-2-7-15-9-12/h2,4-5,7,9,11,14,16H,1,3,6,8,10H2. The molecule has 2 aliphatic rings. The SMILES string of the molecule is C1=C(c2cccnc2)C2CNCCC2CC1. The van der Waals surface area contributed by atoms with Gasteiger partial charge < -0.3 is 5.32 Å². The Balaban J connectivity index is 1.91. The van der Waals surface area contributed by atoms with E-state index in [-0.39, 0.29) is 0 Å². The number of piperidine rings is 1.